The van der Waals surface area contributed by atoms with E-state index in [4.69, 9.17) is 9.73 Å². The van der Waals surface area contributed by atoms with Gasteiger partial charge in [-0.3, -0.25) is 0 Å². The van der Waals surface area contributed by atoms with Crippen molar-refractivity contribution in [3.63, 3.8) is 0 Å². The molecular formula is C24H23BrN2OS. The Hall–Kier alpha value is -2.63. The number of nitrogens with zero attached hydrogens (tertiary/aromatic N) is 2. The Labute approximate surface area is 185 Å². The van der Waals surface area contributed by atoms with E-state index < -0.39 is 0 Å². The molecule has 0 saturated carbocycles. The normalized spacial score (nSPS) is 11.2. The molecule has 1 aromatic heterocycles. The maximum absolute atomic E-state index is 5.25. The van der Waals surface area contributed by atoms with Crippen molar-refractivity contribution in [2.45, 2.75) is 13.5 Å². The minimum atomic E-state index is 0. The van der Waals surface area contributed by atoms with Crippen molar-refractivity contribution in [2.75, 3.05) is 7.11 Å². The Morgan fingerprint density at radius 2 is 1.59 bits per heavy atom. The highest BCUT2D eigenvalue weighted by Crippen LogP contribution is 2.23. The van der Waals surface area contributed by atoms with E-state index in [1.165, 1.54) is 22.4 Å². The molecule has 3 nitrogen and oxygen atoms in total. The van der Waals surface area contributed by atoms with Crippen LogP contribution in [0.1, 0.15) is 11.1 Å². The van der Waals surface area contributed by atoms with Crippen LogP contribution in [0.5, 0.6) is 5.75 Å². The van der Waals surface area contributed by atoms with Gasteiger partial charge < -0.3 is 9.30 Å². The predicted octanol–water partition coefficient (Wildman–Crippen LogP) is 6.39. The van der Waals surface area contributed by atoms with Gasteiger partial charge in [0.05, 0.1) is 25.0 Å². The summed E-state index contributed by atoms with van der Waals surface area (Å²) in [5, 5.41) is 2.19. The molecule has 148 valence electrons. The molecule has 0 atom stereocenters. The van der Waals surface area contributed by atoms with Crippen molar-refractivity contribution in [1.29, 1.82) is 0 Å². The van der Waals surface area contributed by atoms with Crippen LogP contribution in [0, 0.1) is 6.92 Å². The maximum Gasteiger partial charge on any atom is 0.190 e. The summed E-state index contributed by atoms with van der Waals surface area (Å²) in [7, 11) is 1.67. The predicted molar refractivity (Wildman–Crippen MR) is 127 cm³/mol. The number of aromatic nitrogens is 1. The number of benzene rings is 3. The molecule has 0 unspecified atom stereocenters. The quantitative estimate of drug-likeness (QED) is 0.334. The molecule has 0 N–H and O–H groups in total. The molecule has 0 spiro atoms. The fourth-order valence-electron chi connectivity index (χ4n) is 3.06. The van der Waals surface area contributed by atoms with Gasteiger partial charge in [0, 0.05) is 5.38 Å². The molecular weight excluding hydrogens is 444 g/mol. The smallest absolute Gasteiger partial charge is 0.190 e. The van der Waals surface area contributed by atoms with E-state index in [1.807, 2.05) is 30.3 Å². The second-order valence-electron chi connectivity index (χ2n) is 6.65. The zero-order chi connectivity index (χ0) is 19.3. The lowest BCUT2D eigenvalue weighted by Crippen LogP contribution is -2.16. The molecule has 0 saturated heterocycles. The zero-order valence-electron chi connectivity index (χ0n) is 16.4. The second kappa shape index (κ2) is 9.72. The number of methoxy groups -OCH3 is 1. The number of ether oxygens (including phenoxy) is 1. The van der Waals surface area contributed by atoms with Crippen molar-refractivity contribution >= 4 is 34.0 Å². The summed E-state index contributed by atoms with van der Waals surface area (Å²) in [6.07, 6.45) is 0. The lowest BCUT2D eigenvalue weighted by Gasteiger charge is -2.10. The van der Waals surface area contributed by atoms with Gasteiger partial charge in [0.2, 0.25) is 0 Å². The topological polar surface area (TPSA) is 26.5 Å². The zero-order valence-corrected chi connectivity index (χ0v) is 18.9. The summed E-state index contributed by atoms with van der Waals surface area (Å²) in [4.78, 5) is 5.88. The Morgan fingerprint density at radius 3 is 2.24 bits per heavy atom. The van der Waals surface area contributed by atoms with Gasteiger partial charge in [-0.2, -0.15) is 0 Å². The largest absolute Gasteiger partial charge is 0.497 e. The molecule has 0 amide bonds. The monoisotopic (exact) mass is 466 g/mol. The van der Waals surface area contributed by atoms with Gasteiger partial charge in [-0.15, -0.1) is 28.3 Å². The van der Waals surface area contributed by atoms with Crippen molar-refractivity contribution in [3.05, 3.63) is 100 Å². The first-order chi connectivity index (χ1) is 13.7. The summed E-state index contributed by atoms with van der Waals surface area (Å²) in [5.41, 5.74) is 5.82. The Morgan fingerprint density at radius 1 is 0.897 bits per heavy atom. The van der Waals surface area contributed by atoms with E-state index >= 15 is 0 Å². The first-order valence-corrected chi connectivity index (χ1v) is 10.1. The van der Waals surface area contributed by atoms with Crippen LogP contribution in [0.2, 0.25) is 0 Å². The summed E-state index contributed by atoms with van der Waals surface area (Å²) in [6, 6.07) is 27.0. The summed E-state index contributed by atoms with van der Waals surface area (Å²) in [5.74, 6) is 0.836. The number of rotatable bonds is 5. The lowest BCUT2D eigenvalue weighted by molar-refractivity contribution is 0.415. The SMILES string of the molecule is Br.COc1ccc(N=c2scc(-c3ccc(C)cc3)n2Cc2ccccc2)cc1. The van der Waals surface area contributed by atoms with Crippen molar-refractivity contribution < 1.29 is 4.74 Å². The molecule has 0 fully saturated rings. The molecule has 29 heavy (non-hydrogen) atoms. The molecule has 5 heteroatoms. The highest BCUT2D eigenvalue weighted by atomic mass is 79.9. The van der Waals surface area contributed by atoms with E-state index in [0.29, 0.717) is 0 Å². The number of hydrogen-bond acceptors (Lipinski definition) is 3. The number of hydrogen-bond donors (Lipinski definition) is 0. The summed E-state index contributed by atoms with van der Waals surface area (Å²) >= 11 is 1.66. The summed E-state index contributed by atoms with van der Waals surface area (Å²) < 4.78 is 7.54. The van der Waals surface area contributed by atoms with Crippen LogP contribution < -0.4 is 9.54 Å². The fourth-order valence-corrected chi connectivity index (χ4v) is 3.99. The van der Waals surface area contributed by atoms with E-state index in [0.717, 1.165) is 22.8 Å². The molecule has 0 radical (unpaired) electrons. The van der Waals surface area contributed by atoms with Crippen LogP contribution in [0.25, 0.3) is 11.3 Å². The van der Waals surface area contributed by atoms with Crippen molar-refractivity contribution in [3.8, 4) is 17.0 Å². The third-order valence-corrected chi connectivity index (χ3v) is 5.49. The third kappa shape index (κ3) is 5.05. The fraction of sp³-hybridized carbons (Fsp3) is 0.125. The van der Waals surface area contributed by atoms with Crippen LogP contribution in [0.15, 0.2) is 89.2 Å². The van der Waals surface area contributed by atoms with E-state index in [1.54, 1.807) is 18.4 Å². The minimum absolute atomic E-state index is 0. The molecule has 0 aliphatic rings. The van der Waals surface area contributed by atoms with Gasteiger partial charge in [0.1, 0.15) is 5.75 Å². The third-order valence-electron chi connectivity index (χ3n) is 4.63. The van der Waals surface area contributed by atoms with Gasteiger partial charge in [-0.1, -0.05) is 60.2 Å². The number of aryl methyl sites for hydroxylation is 1. The van der Waals surface area contributed by atoms with Crippen LogP contribution in [-0.4, -0.2) is 11.7 Å². The average Bonchev–Trinajstić information content (AvgIpc) is 3.12. The van der Waals surface area contributed by atoms with E-state index in [9.17, 15) is 0 Å². The van der Waals surface area contributed by atoms with Gasteiger partial charge in [-0.05, 0) is 42.3 Å². The second-order valence-corrected chi connectivity index (χ2v) is 7.49. The molecule has 1 heterocycles. The van der Waals surface area contributed by atoms with Crippen LogP contribution in [-0.2, 0) is 6.54 Å². The van der Waals surface area contributed by atoms with Crippen LogP contribution >= 0.6 is 28.3 Å². The Kier molecular flexibility index (Phi) is 7.07. The summed E-state index contributed by atoms with van der Waals surface area (Å²) in [6.45, 7) is 2.89. The van der Waals surface area contributed by atoms with E-state index in [2.05, 4.69) is 65.4 Å². The minimum Gasteiger partial charge on any atom is -0.497 e. The van der Waals surface area contributed by atoms with Gasteiger partial charge in [0.15, 0.2) is 4.80 Å². The first-order valence-electron chi connectivity index (χ1n) is 9.21. The molecule has 0 bridgehead atoms. The number of thiazole rings is 1. The van der Waals surface area contributed by atoms with Gasteiger partial charge >= 0.3 is 0 Å². The van der Waals surface area contributed by atoms with Crippen LogP contribution in [0.4, 0.5) is 5.69 Å². The van der Waals surface area contributed by atoms with E-state index in [-0.39, 0.29) is 17.0 Å². The molecule has 4 rings (SSSR count). The van der Waals surface area contributed by atoms with Crippen LogP contribution in [0.3, 0.4) is 0 Å². The highest BCUT2D eigenvalue weighted by molar-refractivity contribution is 8.93. The first kappa shape index (κ1) is 21.1. The molecule has 0 aliphatic carbocycles. The lowest BCUT2D eigenvalue weighted by atomic mass is 10.1. The molecule has 0 aliphatic heterocycles. The molecule has 4 aromatic rings. The standard InChI is InChI=1S/C24H22N2OS.BrH/c1-18-8-10-20(11-9-18)23-17-28-24(25-21-12-14-22(27-2)15-13-21)26(23)16-19-6-4-3-5-7-19;/h3-15,17H,16H2,1-2H3;1H. The Bertz CT molecular complexity index is 1110. The van der Waals surface area contributed by atoms with Gasteiger partial charge in [0.25, 0.3) is 0 Å². The Balaban J connectivity index is 0.00000240. The van der Waals surface area contributed by atoms with Crippen molar-refractivity contribution in [1.82, 2.24) is 4.57 Å². The number of halogens is 1. The molecule has 3 aromatic carbocycles. The van der Waals surface area contributed by atoms with Gasteiger partial charge in [-0.25, -0.2) is 4.99 Å². The average molecular weight is 467 g/mol. The highest BCUT2D eigenvalue weighted by Gasteiger charge is 2.09. The van der Waals surface area contributed by atoms with Crippen molar-refractivity contribution in [2.24, 2.45) is 4.99 Å². The maximum atomic E-state index is 5.25.